The van der Waals surface area contributed by atoms with Crippen molar-refractivity contribution in [3.8, 4) is 6.07 Å². The smallest absolute Gasteiger partial charge is 0.272 e. The van der Waals surface area contributed by atoms with Crippen molar-refractivity contribution in [3.05, 3.63) is 24.0 Å². The predicted molar refractivity (Wildman–Crippen MR) is 63.8 cm³/mol. The molecular weight excluding hydrogens is 218 g/mol. The highest BCUT2D eigenvalue weighted by atomic mass is 16.2. The molecule has 1 amide bonds. The lowest BCUT2D eigenvalue weighted by Crippen LogP contribution is -2.35. The zero-order chi connectivity index (χ0) is 12.8. The van der Waals surface area contributed by atoms with Crippen molar-refractivity contribution in [2.24, 2.45) is 5.84 Å². The summed E-state index contributed by atoms with van der Waals surface area (Å²) in [4.78, 5) is 17.5. The summed E-state index contributed by atoms with van der Waals surface area (Å²) in [6, 6.07) is 5.15. The number of amides is 1. The number of hydrazine groups is 1. The molecule has 0 spiro atoms. The van der Waals surface area contributed by atoms with Crippen LogP contribution < -0.4 is 11.3 Å². The first-order chi connectivity index (χ1) is 8.10. The molecule has 90 valence electrons. The minimum atomic E-state index is -0.212. The lowest BCUT2D eigenvalue weighted by Gasteiger charge is -2.22. The van der Waals surface area contributed by atoms with Gasteiger partial charge in [0.25, 0.3) is 5.91 Å². The van der Waals surface area contributed by atoms with Crippen LogP contribution in [0.3, 0.4) is 0 Å². The van der Waals surface area contributed by atoms with E-state index in [1.807, 2.05) is 13.0 Å². The third kappa shape index (κ3) is 3.16. The molecule has 0 aliphatic carbocycles. The summed E-state index contributed by atoms with van der Waals surface area (Å²) in [6.07, 6.45) is 1.78. The minimum absolute atomic E-state index is 0.137. The maximum atomic E-state index is 12.0. The molecule has 0 aromatic carbocycles. The average molecular weight is 233 g/mol. The van der Waals surface area contributed by atoms with Crippen molar-refractivity contribution in [2.45, 2.75) is 19.4 Å². The van der Waals surface area contributed by atoms with Crippen LogP contribution in [0.2, 0.25) is 0 Å². The fourth-order valence-corrected chi connectivity index (χ4v) is 1.26. The van der Waals surface area contributed by atoms with Crippen molar-refractivity contribution in [2.75, 3.05) is 12.5 Å². The largest absolute Gasteiger partial charge is 0.337 e. The van der Waals surface area contributed by atoms with Gasteiger partial charge in [0, 0.05) is 13.1 Å². The Morgan fingerprint density at radius 1 is 1.71 bits per heavy atom. The van der Waals surface area contributed by atoms with Crippen LogP contribution in [0.4, 0.5) is 5.69 Å². The number of anilines is 1. The highest BCUT2D eigenvalue weighted by molar-refractivity contribution is 5.92. The third-order valence-electron chi connectivity index (χ3n) is 2.52. The molecule has 1 heterocycles. The van der Waals surface area contributed by atoms with E-state index in [0.717, 1.165) is 0 Å². The molecule has 0 bridgehead atoms. The second-order valence-corrected chi connectivity index (χ2v) is 3.70. The average Bonchev–Trinajstić information content (AvgIpc) is 2.37. The monoisotopic (exact) mass is 233 g/mol. The van der Waals surface area contributed by atoms with E-state index in [4.69, 9.17) is 11.1 Å². The lowest BCUT2D eigenvalue weighted by atomic mass is 10.2. The van der Waals surface area contributed by atoms with Crippen molar-refractivity contribution in [1.82, 2.24) is 9.88 Å². The van der Waals surface area contributed by atoms with Crippen molar-refractivity contribution in [1.29, 1.82) is 5.26 Å². The number of hydrogen-bond donors (Lipinski definition) is 2. The molecule has 0 fully saturated rings. The number of carbonyl (C=O) groups is 1. The van der Waals surface area contributed by atoms with Crippen LogP contribution in [0.25, 0.3) is 0 Å². The Kier molecular flexibility index (Phi) is 4.43. The van der Waals surface area contributed by atoms with Crippen LogP contribution >= 0.6 is 0 Å². The number of hydrogen-bond acceptors (Lipinski definition) is 5. The summed E-state index contributed by atoms with van der Waals surface area (Å²) >= 11 is 0. The van der Waals surface area contributed by atoms with Gasteiger partial charge in [-0.25, -0.2) is 4.98 Å². The van der Waals surface area contributed by atoms with E-state index in [9.17, 15) is 4.79 Å². The second kappa shape index (κ2) is 5.82. The molecule has 1 aromatic rings. The summed E-state index contributed by atoms with van der Waals surface area (Å²) in [5.74, 6) is 4.99. The number of nitrogens with zero attached hydrogens (tertiary/aromatic N) is 3. The Bertz CT molecular complexity index is 422. The normalized spacial score (nSPS) is 11.4. The number of aromatic nitrogens is 1. The number of nitriles is 1. The molecule has 1 rings (SSSR count). The van der Waals surface area contributed by atoms with E-state index in [-0.39, 0.29) is 11.9 Å². The summed E-state index contributed by atoms with van der Waals surface area (Å²) < 4.78 is 0. The van der Waals surface area contributed by atoms with Crippen LogP contribution in [-0.2, 0) is 0 Å². The van der Waals surface area contributed by atoms with Gasteiger partial charge in [0.15, 0.2) is 0 Å². The first kappa shape index (κ1) is 12.9. The molecule has 3 N–H and O–H groups in total. The van der Waals surface area contributed by atoms with E-state index >= 15 is 0 Å². The van der Waals surface area contributed by atoms with Crippen LogP contribution in [0.1, 0.15) is 23.8 Å². The van der Waals surface area contributed by atoms with Crippen LogP contribution in [0.15, 0.2) is 18.3 Å². The van der Waals surface area contributed by atoms with Gasteiger partial charge in [-0.05, 0) is 19.1 Å². The van der Waals surface area contributed by atoms with Gasteiger partial charge in [-0.15, -0.1) is 0 Å². The number of nitrogens with two attached hydrogens (primary N) is 1. The van der Waals surface area contributed by atoms with Gasteiger partial charge in [-0.2, -0.15) is 5.26 Å². The fraction of sp³-hybridized carbons (Fsp3) is 0.364. The molecule has 6 heteroatoms. The van der Waals surface area contributed by atoms with E-state index in [1.54, 1.807) is 19.2 Å². The highest BCUT2D eigenvalue weighted by Crippen LogP contribution is 2.09. The molecule has 6 nitrogen and oxygen atoms in total. The van der Waals surface area contributed by atoms with E-state index in [0.29, 0.717) is 17.8 Å². The number of nitrogens with one attached hydrogen (secondary N) is 1. The molecule has 1 unspecified atom stereocenters. The molecule has 0 saturated heterocycles. The Balaban J connectivity index is 2.78. The molecule has 0 radical (unpaired) electrons. The number of carbonyl (C=O) groups excluding carboxylic acids is 1. The quantitative estimate of drug-likeness (QED) is 0.590. The molecular formula is C11H15N5O. The third-order valence-corrected chi connectivity index (χ3v) is 2.52. The van der Waals surface area contributed by atoms with Crippen LogP contribution in [0, 0.1) is 11.3 Å². The standard InChI is InChI=1S/C11H15N5O/c1-8(5-6-12)16(2)11(17)10-4-3-9(15-13)7-14-10/h3-4,7-8,15H,5,13H2,1-2H3. The summed E-state index contributed by atoms with van der Waals surface area (Å²) in [5.41, 5.74) is 3.40. The molecule has 0 aliphatic rings. The predicted octanol–water partition coefficient (Wildman–Crippen LogP) is 0.741. The SMILES string of the molecule is CC(CC#N)N(C)C(=O)c1ccc(NN)cn1. The molecule has 0 aliphatic heterocycles. The van der Waals surface area contributed by atoms with E-state index in [2.05, 4.69) is 10.4 Å². The second-order valence-electron chi connectivity index (χ2n) is 3.70. The zero-order valence-electron chi connectivity index (χ0n) is 9.84. The number of rotatable bonds is 4. The van der Waals surface area contributed by atoms with E-state index in [1.165, 1.54) is 11.1 Å². The number of pyridine rings is 1. The van der Waals surface area contributed by atoms with Gasteiger partial charge in [-0.3, -0.25) is 10.6 Å². The van der Waals surface area contributed by atoms with Crippen LogP contribution in [0.5, 0.6) is 0 Å². The van der Waals surface area contributed by atoms with Gasteiger partial charge in [-0.1, -0.05) is 0 Å². The molecule has 17 heavy (non-hydrogen) atoms. The van der Waals surface area contributed by atoms with Gasteiger partial charge in [0.1, 0.15) is 5.69 Å². The zero-order valence-corrected chi connectivity index (χ0v) is 9.84. The Morgan fingerprint density at radius 2 is 2.41 bits per heavy atom. The molecule has 1 aromatic heterocycles. The molecule has 1 atom stereocenters. The summed E-state index contributed by atoms with van der Waals surface area (Å²) in [5, 5.41) is 8.58. The summed E-state index contributed by atoms with van der Waals surface area (Å²) in [7, 11) is 1.65. The Labute approximate surface area is 100 Å². The maximum Gasteiger partial charge on any atom is 0.272 e. The van der Waals surface area contributed by atoms with Crippen LogP contribution in [-0.4, -0.2) is 28.9 Å². The topological polar surface area (TPSA) is 95.0 Å². The lowest BCUT2D eigenvalue weighted by molar-refractivity contribution is 0.0740. The Morgan fingerprint density at radius 3 is 2.88 bits per heavy atom. The van der Waals surface area contributed by atoms with Gasteiger partial charge >= 0.3 is 0 Å². The van der Waals surface area contributed by atoms with E-state index < -0.39 is 0 Å². The van der Waals surface area contributed by atoms with Gasteiger partial charge < -0.3 is 10.3 Å². The summed E-state index contributed by atoms with van der Waals surface area (Å²) in [6.45, 7) is 1.82. The van der Waals surface area contributed by atoms with Crippen molar-refractivity contribution in [3.63, 3.8) is 0 Å². The fourth-order valence-electron chi connectivity index (χ4n) is 1.26. The van der Waals surface area contributed by atoms with Crippen molar-refractivity contribution >= 4 is 11.6 Å². The molecule has 0 saturated carbocycles. The highest BCUT2D eigenvalue weighted by Gasteiger charge is 2.18. The van der Waals surface area contributed by atoms with Gasteiger partial charge in [0.2, 0.25) is 0 Å². The first-order valence-electron chi connectivity index (χ1n) is 5.17. The maximum absolute atomic E-state index is 12.0. The van der Waals surface area contributed by atoms with Crippen molar-refractivity contribution < 1.29 is 4.79 Å². The minimum Gasteiger partial charge on any atom is -0.337 e. The van der Waals surface area contributed by atoms with Gasteiger partial charge in [0.05, 0.1) is 24.4 Å². The first-order valence-corrected chi connectivity index (χ1v) is 5.17. The Hall–Kier alpha value is -2.13. The number of nitrogen functional groups attached to an aromatic ring is 1.